The summed E-state index contributed by atoms with van der Waals surface area (Å²) in [5, 5.41) is 19.0. The lowest BCUT2D eigenvalue weighted by Crippen LogP contribution is -2.27. The van der Waals surface area contributed by atoms with Crippen LogP contribution in [-0.2, 0) is 11.3 Å². The molecule has 1 aromatic carbocycles. The van der Waals surface area contributed by atoms with E-state index in [1.54, 1.807) is 0 Å². The van der Waals surface area contributed by atoms with Crippen LogP contribution in [0.1, 0.15) is 0 Å². The molecule has 0 spiro atoms. The summed E-state index contributed by atoms with van der Waals surface area (Å²) in [7, 11) is 0. The second-order valence-corrected chi connectivity index (χ2v) is 4.85. The van der Waals surface area contributed by atoms with Crippen LogP contribution in [0.25, 0.3) is 11.3 Å². The van der Waals surface area contributed by atoms with Crippen molar-refractivity contribution >= 4 is 34.9 Å². The van der Waals surface area contributed by atoms with Crippen LogP contribution in [0.2, 0.25) is 10.3 Å². The lowest BCUT2D eigenvalue weighted by atomic mass is 10.1. The van der Waals surface area contributed by atoms with Crippen molar-refractivity contribution in [2.45, 2.75) is 6.54 Å². The Morgan fingerprint density at radius 2 is 2.05 bits per heavy atom. The number of hydrogen-bond acceptors (Lipinski definition) is 5. The van der Waals surface area contributed by atoms with E-state index in [4.69, 9.17) is 28.3 Å². The molecular formula is C12H7Cl2N3O5. The van der Waals surface area contributed by atoms with E-state index >= 15 is 0 Å². The maximum Gasteiger partial charge on any atom is 0.323 e. The molecule has 0 radical (unpaired) electrons. The molecule has 0 aliphatic rings. The van der Waals surface area contributed by atoms with E-state index in [2.05, 4.69) is 4.98 Å². The molecule has 22 heavy (non-hydrogen) atoms. The van der Waals surface area contributed by atoms with Gasteiger partial charge < -0.3 is 5.11 Å². The van der Waals surface area contributed by atoms with Gasteiger partial charge in [0, 0.05) is 17.7 Å². The van der Waals surface area contributed by atoms with Crippen LogP contribution >= 0.6 is 23.2 Å². The van der Waals surface area contributed by atoms with Crippen LogP contribution in [0.15, 0.2) is 29.1 Å². The monoisotopic (exact) mass is 343 g/mol. The summed E-state index contributed by atoms with van der Waals surface area (Å²) >= 11 is 11.6. The number of non-ortho nitro benzene ring substituents is 1. The maximum absolute atomic E-state index is 12.0. The first-order chi connectivity index (χ1) is 10.3. The van der Waals surface area contributed by atoms with Crippen molar-refractivity contribution in [2.75, 3.05) is 0 Å². The summed E-state index contributed by atoms with van der Waals surface area (Å²) in [5.74, 6) is -1.30. The van der Waals surface area contributed by atoms with Gasteiger partial charge in [-0.3, -0.25) is 24.3 Å². The van der Waals surface area contributed by atoms with E-state index in [1.165, 1.54) is 18.2 Å². The van der Waals surface area contributed by atoms with Gasteiger partial charge in [-0.05, 0) is 0 Å². The molecule has 1 heterocycles. The maximum atomic E-state index is 12.0. The Balaban J connectivity index is 2.76. The Morgan fingerprint density at radius 3 is 2.64 bits per heavy atom. The third-order valence-corrected chi connectivity index (χ3v) is 3.22. The van der Waals surface area contributed by atoms with Crippen molar-refractivity contribution < 1.29 is 14.8 Å². The molecule has 1 N–H and O–H groups in total. The summed E-state index contributed by atoms with van der Waals surface area (Å²) < 4.78 is 0.805. The largest absolute Gasteiger partial charge is 0.480 e. The number of halogens is 2. The average Bonchev–Trinajstić information content (AvgIpc) is 2.44. The minimum atomic E-state index is -1.30. The second kappa shape index (κ2) is 6.12. The van der Waals surface area contributed by atoms with Crippen molar-refractivity contribution in [3.63, 3.8) is 0 Å². The van der Waals surface area contributed by atoms with E-state index < -0.39 is 28.1 Å². The Bertz CT molecular complexity index is 834. The minimum Gasteiger partial charge on any atom is -0.480 e. The number of aliphatic carboxylic acids is 1. The highest BCUT2D eigenvalue weighted by Gasteiger charge is 2.19. The number of aromatic nitrogens is 2. The Morgan fingerprint density at radius 1 is 1.36 bits per heavy atom. The molecule has 0 aliphatic carbocycles. The molecule has 0 amide bonds. The van der Waals surface area contributed by atoms with Gasteiger partial charge in [0.05, 0.1) is 10.6 Å². The first-order valence-electron chi connectivity index (χ1n) is 5.73. The smallest absolute Gasteiger partial charge is 0.323 e. The quantitative estimate of drug-likeness (QED) is 0.672. The normalized spacial score (nSPS) is 10.5. The van der Waals surface area contributed by atoms with E-state index in [-0.39, 0.29) is 22.1 Å². The SMILES string of the molecule is O=C(O)Cn1c(-c2cccc([N+](=O)[O-])c2)c(Cl)nc(Cl)c1=O. The zero-order chi connectivity index (χ0) is 16.4. The van der Waals surface area contributed by atoms with E-state index in [1.807, 2.05) is 0 Å². The topological polar surface area (TPSA) is 115 Å². The fourth-order valence-electron chi connectivity index (χ4n) is 1.84. The molecule has 0 bridgehead atoms. The number of carboxylic acids is 1. The minimum absolute atomic E-state index is 0.0535. The molecule has 1 aromatic heterocycles. The highest BCUT2D eigenvalue weighted by molar-refractivity contribution is 6.33. The van der Waals surface area contributed by atoms with E-state index in [9.17, 15) is 19.7 Å². The molecule has 0 unspecified atom stereocenters. The van der Waals surface area contributed by atoms with Gasteiger partial charge in [-0.1, -0.05) is 35.3 Å². The van der Waals surface area contributed by atoms with Crippen LogP contribution in [0, 0.1) is 10.1 Å². The zero-order valence-corrected chi connectivity index (χ0v) is 12.2. The molecule has 0 saturated carbocycles. The van der Waals surface area contributed by atoms with Gasteiger partial charge in [-0.25, -0.2) is 4.98 Å². The molecule has 0 saturated heterocycles. The van der Waals surface area contributed by atoms with E-state index in [0.717, 1.165) is 10.6 Å². The molecule has 0 atom stereocenters. The fraction of sp³-hybridized carbons (Fsp3) is 0.0833. The van der Waals surface area contributed by atoms with Crippen LogP contribution in [0.4, 0.5) is 5.69 Å². The Hall–Kier alpha value is -2.45. The molecular weight excluding hydrogens is 337 g/mol. The Labute approximate surface area is 132 Å². The molecule has 8 nitrogen and oxygen atoms in total. The first-order valence-corrected chi connectivity index (χ1v) is 6.49. The van der Waals surface area contributed by atoms with Gasteiger partial charge in [0.15, 0.2) is 10.3 Å². The van der Waals surface area contributed by atoms with Crippen LogP contribution in [0.3, 0.4) is 0 Å². The molecule has 10 heteroatoms. The predicted octanol–water partition coefficient (Wildman–Crippen LogP) is 2.21. The van der Waals surface area contributed by atoms with Gasteiger partial charge in [-0.15, -0.1) is 0 Å². The van der Waals surface area contributed by atoms with Crippen molar-refractivity contribution in [1.82, 2.24) is 9.55 Å². The third kappa shape index (κ3) is 3.07. The van der Waals surface area contributed by atoms with E-state index in [0.29, 0.717) is 0 Å². The number of benzene rings is 1. The van der Waals surface area contributed by atoms with Crippen LogP contribution in [-0.4, -0.2) is 25.6 Å². The highest BCUT2D eigenvalue weighted by atomic mass is 35.5. The molecule has 2 rings (SSSR count). The average molecular weight is 344 g/mol. The number of rotatable bonds is 4. The second-order valence-electron chi connectivity index (χ2n) is 4.13. The predicted molar refractivity (Wildman–Crippen MR) is 78.2 cm³/mol. The van der Waals surface area contributed by atoms with Crippen molar-refractivity contribution in [3.05, 3.63) is 55.0 Å². The van der Waals surface area contributed by atoms with Crippen molar-refractivity contribution in [2.24, 2.45) is 0 Å². The number of hydrogen-bond donors (Lipinski definition) is 1. The number of nitro groups is 1. The summed E-state index contributed by atoms with van der Waals surface area (Å²) in [6.45, 7) is -0.710. The summed E-state index contributed by atoms with van der Waals surface area (Å²) in [5.41, 5.74) is -0.961. The molecule has 0 aliphatic heterocycles. The van der Waals surface area contributed by atoms with Crippen molar-refractivity contribution in [3.8, 4) is 11.3 Å². The lowest BCUT2D eigenvalue weighted by molar-refractivity contribution is -0.384. The lowest BCUT2D eigenvalue weighted by Gasteiger charge is -2.12. The van der Waals surface area contributed by atoms with Gasteiger partial charge in [-0.2, -0.15) is 0 Å². The summed E-state index contributed by atoms with van der Waals surface area (Å²) in [4.78, 5) is 36.7. The zero-order valence-electron chi connectivity index (χ0n) is 10.7. The standard InChI is InChI=1S/C12H7Cl2N3O5/c13-10-9(6-2-1-3-7(4-6)17(21)22)16(5-8(18)19)12(20)11(14)15-10/h1-4H,5H2,(H,18,19). The fourth-order valence-corrected chi connectivity index (χ4v) is 2.36. The van der Waals surface area contributed by atoms with Gasteiger partial charge in [0.2, 0.25) is 0 Å². The number of nitro benzene ring substituents is 1. The molecule has 2 aromatic rings. The highest BCUT2D eigenvalue weighted by Crippen LogP contribution is 2.28. The third-order valence-electron chi connectivity index (χ3n) is 2.71. The number of nitrogens with zero attached hydrogens (tertiary/aromatic N) is 3. The van der Waals surface area contributed by atoms with Crippen molar-refractivity contribution in [1.29, 1.82) is 0 Å². The van der Waals surface area contributed by atoms with Gasteiger partial charge >= 0.3 is 5.97 Å². The van der Waals surface area contributed by atoms with Gasteiger partial charge in [0.25, 0.3) is 11.2 Å². The van der Waals surface area contributed by atoms with Crippen LogP contribution < -0.4 is 5.56 Å². The molecule has 114 valence electrons. The number of carboxylic acid groups (broad SMARTS) is 1. The van der Waals surface area contributed by atoms with Crippen LogP contribution in [0.5, 0.6) is 0 Å². The summed E-state index contributed by atoms with van der Waals surface area (Å²) in [6.07, 6.45) is 0. The Kier molecular flexibility index (Phi) is 4.43. The summed E-state index contributed by atoms with van der Waals surface area (Å²) in [6, 6.07) is 5.24. The molecule has 0 fully saturated rings. The van der Waals surface area contributed by atoms with Gasteiger partial charge in [0.1, 0.15) is 6.54 Å². The first kappa shape index (κ1) is 15.9. The number of carbonyl (C=O) groups is 1.